The number of hydrogen-bond donors (Lipinski definition) is 2. The van der Waals surface area contributed by atoms with Crippen molar-refractivity contribution < 1.29 is 0 Å². The molecule has 0 aliphatic heterocycles. The van der Waals surface area contributed by atoms with Crippen LogP contribution in [0.2, 0.25) is 10.0 Å². The van der Waals surface area contributed by atoms with E-state index in [-0.39, 0.29) is 0 Å². The van der Waals surface area contributed by atoms with E-state index >= 15 is 0 Å². The van der Waals surface area contributed by atoms with Gasteiger partial charge in [-0.15, -0.1) is 0 Å². The summed E-state index contributed by atoms with van der Waals surface area (Å²) in [6.07, 6.45) is 4.03. The third-order valence-electron chi connectivity index (χ3n) is 5.09. The van der Waals surface area contributed by atoms with Crippen molar-refractivity contribution in [1.29, 1.82) is 5.26 Å². The van der Waals surface area contributed by atoms with Gasteiger partial charge in [-0.1, -0.05) is 41.4 Å². The number of benzene rings is 2. The normalized spacial score (nSPS) is 10.7. The number of unbranched alkanes of at least 4 members (excludes halogenated alkanes) is 1. The number of nitrogens with one attached hydrogen (secondary N) is 2. The molecule has 0 fully saturated rings. The molecule has 2 aromatic heterocycles. The quantitative estimate of drug-likeness (QED) is 0.273. The number of pyridine rings is 1. The van der Waals surface area contributed by atoms with Gasteiger partial charge in [-0.05, 0) is 54.8 Å². The van der Waals surface area contributed by atoms with Crippen LogP contribution >= 0.6 is 23.2 Å². The molecule has 33 heavy (non-hydrogen) atoms. The molecule has 2 heterocycles. The highest BCUT2D eigenvalue weighted by Gasteiger charge is 2.12. The molecule has 0 saturated heterocycles. The molecule has 4 aromatic rings. The molecule has 0 atom stereocenters. The first-order chi connectivity index (χ1) is 16.1. The number of nitriles is 1. The van der Waals surface area contributed by atoms with Crippen molar-refractivity contribution in [3.05, 3.63) is 76.4 Å². The fourth-order valence-electron chi connectivity index (χ4n) is 3.40. The van der Waals surface area contributed by atoms with Crippen molar-refractivity contribution in [1.82, 2.24) is 15.0 Å². The lowest BCUT2D eigenvalue weighted by atomic mass is 10.1. The topological polar surface area (TPSA) is 86.5 Å². The Hall–Kier alpha value is -3.40. The molecular weight excluding hydrogens is 455 g/mol. The highest BCUT2D eigenvalue weighted by molar-refractivity contribution is 6.36. The van der Waals surface area contributed by atoms with Gasteiger partial charge >= 0.3 is 0 Å². The molecule has 4 rings (SSSR count). The minimum Gasteiger partial charge on any atom is -0.370 e. The Morgan fingerprint density at radius 3 is 2.48 bits per heavy atom. The van der Waals surface area contributed by atoms with E-state index in [0.717, 1.165) is 59.6 Å². The first kappa shape index (κ1) is 22.8. The van der Waals surface area contributed by atoms with Crippen LogP contribution in [0.15, 0.2) is 60.8 Å². The van der Waals surface area contributed by atoms with E-state index in [9.17, 15) is 0 Å². The van der Waals surface area contributed by atoms with Gasteiger partial charge < -0.3 is 10.6 Å². The van der Waals surface area contributed by atoms with Gasteiger partial charge in [-0.25, -0.2) is 15.0 Å². The predicted molar refractivity (Wildman–Crippen MR) is 135 cm³/mol. The average molecular weight is 477 g/mol. The average Bonchev–Trinajstić information content (AvgIpc) is 2.82. The zero-order valence-electron chi connectivity index (χ0n) is 17.9. The van der Waals surface area contributed by atoms with Crippen molar-refractivity contribution in [2.24, 2.45) is 0 Å². The van der Waals surface area contributed by atoms with Crippen LogP contribution < -0.4 is 10.6 Å². The predicted octanol–water partition coefficient (Wildman–Crippen LogP) is 6.37. The number of fused-ring (bicyclic) bond motifs is 1. The molecule has 166 valence electrons. The number of para-hydroxylation sites is 1. The first-order valence-corrected chi connectivity index (χ1v) is 11.4. The highest BCUT2D eigenvalue weighted by atomic mass is 35.5. The van der Waals surface area contributed by atoms with Crippen molar-refractivity contribution in [3.8, 4) is 17.5 Å². The monoisotopic (exact) mass is 476 g/mol. The van der Waals surface area contributed by atoms with Crippen LogP contribution in [0.1, 0.15) is 18.4 Å². The summed E-state index contributed by atoms with van der Waals surface area (Å²) in [7, 11) is 0. The van der Waals surface area contributed by atoms with E-state index < -0.39 is 0 Å². The van der Waals surface area contributed by atoms with Crippen LogP contribution in [-0.4, -0.2) is 28.0 Å². The molecule has 0 bridgehead atoms. The minimum absolute atomic E-state index is 0.378. The Labute approximate surface area is 202 Å². The minimum atomic E-state index is 0.378. The highest BCUT2D eigenvalue weighted by Crippen LogP contribution is 2.31. The molecular formula is C25H22Cl2N6. The van der Waals surface area contributed by atoms with E-state index in [1.807, 2.05) is 42.5 Å². The molecule has 2 aromatic carbocycles. The Balaban J connectivity index is 1.37. The van der Waals surface area contributed by atoms with Crippen LogP contribution in [0.25, 0.3) is 22.3 Å². The van der Waals surface area contributed by atoms with Crippen LogP contribution in [0.5, 0.6) is 0 Å². The first-order valence-electron chi connectivity index (χ1n) is 10.7. The summed E-state index contributed by atoms with van der Waals surface area (Å²) in [5.41, 5.74) is 2.51. The Morgan fingerprint density at radius 2 is 1.73 bits per heavy atom. The van der Waals surface area contributed by atoms with Crippen LogP contribution in [0, 0.1) is 11.3 Å². The summed E-state index contributed by atoms with van der Waals surface area (Å²) in [4.78, 5) is 13.8. The molecule has 0 aliphatic rings. The van der Waals surface area contributed by atoms with E-state index in [0.29, 0.717) is 22.3 Å². The summed E-state index contributed by atoms with van der Waals surface area (Å²) in [5.74, 6) is 2.16. The van der Waals surface area contributed by atoms with E-state index in [1.165, 1.54) is 0 Å². The standard InChI is InChI=1S/C25H22Cl2N6/c26-18-8-9-19(21(27)15-18)25-32-22-6-2-1-5-20(22)24(33-25)30-14-4-3-13-29-23-10-7-17(11-12-28)16-31-23/h1-2,5-10,15-16H,3-4,11,13-14H2,(H,29,31)(H,30,32,33). The molecule has 0 aliphatic carbocycles. The summed E-state index contributed by atoms with van der Waals surface area (Å²) in [6, 6.07) is 19.2. The summed E-state index contributed by atoms with van der Waals surface area (Å²) >= 11 is 12.4. The lowest BCUT2D eigenvalue weighted by Crippen LogP contribution is -2.09. The van der Waals surface area contributed by atoms with Gasteiger partial charge in [0.1, 0.15) is 11.6 Å². The molecule has 0 radical (unpaired) electrons. The lowest BCUT2D eigenvalue weighted by molar-refractivity contribution is 0.792. The van der Waals surface area contributed by atoms with Crippen molar-refractivity contribution in [2.75, 3.05) is 23.7 Å². The molecule has 0 spiro atoms. The molecule has 6 nitrogen and oxygen atoms in total. The van der Waals surface area contributed by atoms with Gasteiger partial charge in [0.15, 0.2) is 5.82 Å². The number of aromatic nitrogens is 3. The second-order valence-electron chi connectivity index (χ2n) is 7.48. The van der Waals surface area contributed by atoms with Gasteiger partial charge in [0.25, 0.3) is 0 Å². The zero-order valence-corrected chi connectivity index (χ0v) is 19.4. The Bertz CT molecular complexity index is 1280. The third-order valence-corrected chi connectivity index (χ3v) is 5.63. The van der Waals surface area contributed by atoms with Gasteiger partial charge in [0.05, 0.1) is 23.0 Å². The third kappa shape index (κ3) is 5.89. The Morgan fingerprint density at radius 1 is 0.909 bits per heavy atom. The van der Waals surface area contributed by atoms with Crippen molar-refractivity contribution >= 4 is 45.7 Å². The summed E-state index contributed by atoms with van der Waals surface area (Å²) in [5, 5.41) is 17.6. The van der Waals surface area contributed by atoms with Crippen LogP contribution in [0.3, 0.4) is 0 Å². The van der Waals surface area contributed by atoms with Gasteiger partial charge in [-0.2, -0.15) is 5.26 Å². The largest absolute Gasteiger partial charge is 0.370 e. The van der Waals surface area contributed by atoms with Crippen molar-refractivity contribution in [3.63, 3.8) is 0 Å². The maximum absolute atomic E-state index is 8.73. The molecule has 0 amide bonds. The van der Waals surface area contributed by atoms with E-state index in [2.05, 4.69) is 21.7 Å². The Kier molecular flexibility index (Phi) is 7.56. The number of rotatable bonds is 9. The SMILES string of the molecule is N#CCc1ccc(NCCCCNc2nc(-c3ccc(Cl)cc3Cl)nc3ccccc23)nc1. The fraction of sp³-hybridized carbons (Fsp3) is 0.200. The van der Waals surface area contributed by atoms with E-state index in [4.69, 9.17) is 38.4 Å². The number of hydrogen-bond acceptors (Lipinski definition) is 6. The van der Waals surface area contributed by atoms with Crippen LogP contribution in [-0.2, 0) is 6.42 Å². The fourth-order valence-corrected chi connectivity index (χ4v) is 3.89. The van der Waals surface area contributed by atoms with E-state index in [1.54, 1.807) is 18.3 Å². The number of anilines is 2. The lowest BCUT2D eigenvalue weighted by Gasteiger charge is -2.12. The number of halogens is 2. The maximum Gasteiger partial charge on any atom is 0.163 e. The summed E-state index contributed by atoms with van der Waals surface area (Å²) in [6.45, 7) is 1.58. The molecule has 0 unspecified atom stereocenters. The second-order valence-corrected chi connectivity index (χ2v) is 8.33. The molecule has 2 N–H and O–H groups in total. The van der Waals surface area contributed by atoms with Gasteiger partial charge in [0, 0.05) is 35.3 Å². The number of nitrogens with zero attached hydrogens (tertiary/aromatic N) is 4. The summed E-state index contributed by atoms with van der Waals surface area (Å²) < 4.78 is 0. The van der Waals surface area contributed by atoms with Gasteiger partial charge in [-0.3, -0.25) is 0 Å². The molecule has 8 heteroatoms. The second kappa shape index (κ2) is 11.0. The smallest absolute Gasteiger partial charge is 0.163 e. The zero-order chi connectivity index (χ0) is 23.0. The van der Waals surface area contributed by atoms with Crippen molar-refractivity contribution in [2.45, 2.75) is 19.3 Å². The van der Waals surface area contributed by atoms with Crippen LogP contribution in [0.4, 0.5) is 11.6 Å². The molecule has 0 saturated carbocycles. The maximum atomic E-state index is 8.73. The van der Waals surface area contributed by atoms with Gasteiger partial charge in [0.2, 0.25) is 0 Å².